The van der Waals surface area contributed by atoms with Crippen molar-refractivity contribution >= 4 is 27.7 Å². The van der Waals surface area contributed by atoms with E-state index in [9.17, 15) is 9.59 Å². The molecule has 1 aliphatic rings. The van der Waals surface area contributed by atoms with Crippen LogP contribution in [0.4, 0.5) is 0 Å². The molecule has 1 aromatic rings. The molecule has 5 nitrogen and oxygen atoms in total. The minimum atomic E-state index is -0.166. The SMILES string of the molecule is N#CCC(=O)N1CCN(C(=O)c2ccccc2Br)CC1. The van der Waals surface area contributed by atoms with Crippen molar-refractivity contribution in [3.8, 4) is 6.07 Å². The van der Waals surface area contributed by atoms with Gasteiger partial charge in [-0.1, -0.05) is 12.1 Å². The number of nitriles is 1. The van der Waals surface area contributed by atoms with Gasteiger partial charge in [0, 0.05) is 30.7 Å². The molecule has 2 amide bonds. The minimum Gasteiger partial charge on any atom is -0.338 e. The zero-order valence-corrected chi connectivity index (χ0v) is 12.5. The normalized spacial score (nSPS) is 14.8. The van der Waals surface area contributed by atoms with Gasteiger partial charge in [-0.3, -0.25) is 9.59 Å². The number of carbonyl (C=O) groups is 2. The number of rotatable bonds is 2. The zero-order chi connectivity index (χ0) is 14.5. The van der Waals surface area contributed by atoms with E-state index in [1.165, 1.54) is 0 Å². The van der Waals surface area contributed by atoms with Crippen molar-refractivity contribution in [1.82, 2.24) is 9.80 Å². The predicted octanol–water partition coefficient (Wildman–Crippen LogP) is 1.65. The molecule has 0 atom stereocenters. The summed E-state index contributed by atoms with van der Waals surface area (Å²) in [5, 5.41) is 8.52. The summed E-state index contributed by atoms with van der Waals surface area (Å²) in [7, 11) is 0. The molecule has 6 heteroatoms. The lowest BCUT2D eigenvalue weighted by molar-refractivity contribution is -0.131. The van der Waals surface area contributed by atoms with Crippen LogP contribution in [0.3, 0.4) is 0 Å². The predicted molar refractivity (Wildman–Crippen MR) is 76.9 cm³/mol. The fourth-order valence-electron chi connectivity index (χ4n) is 2.14. The van der Waals surface area contributed by atoms with Gasteiger partial charge in [0.1, 0.15) is 6.42 Å². The van der Waals surface area contributed by atoms with Crippen molar-refractivity contribution in [3.05, 3.63) is 34.3 Å². The summed E-state index contributed by atoms with van der Waals surface area (Å²) in [6.45, 7) is 1.96. The molecule has 1 aliphatic heterocycles. The van der Waals surface area contributed by atoms with Crippen LogP contribution in [0, 0.1) is 11.3 Å². The standard InChI is InChI=1S/C14H14BrN3O2/c15-12-4-2-1-3-11(12)14(20)18-9-7-17(8-10-18)13(19)5-6-16/h1-4H,5,7-10H2. The fraction of sp³-hybridized carbons (Fsp3) is 0.357. The molecule has 2 rings (SSSR count). The Balaban J connectivity index is 1.98. The van der Waals surface area contributed by atoms with Crippen LogP contribution in [0.15, 0.2) is 28.7 Å². The number of nitrogens with zero attached hydrogens (tertiary/aromatic N) is 3. The van der Waals surface area contributed by atoms with E-state index in [1.54, 1.807) is 15.9 Å². The highest BCUT2D eigenvalue weighted by atomic mass is 79.9. The fourth-order valence-corrected chi connectivity index (χ4v) is 2.60. The van der Waals surface area contributed by atoms with Crippen molar-refractivity contribution in [2.45, 2.75) is 6.42 Å². The van der Waals surface area contributed by atoms with Crippen LogP contribution in [0.1, 0.15) is 16.8 Å². The van der Waals surface area contributed by atoms with Crippen LogP contribution in [0.25, 0.3) is 0 Å². The first-order valence-corrected chi connectivity index (χ1v) is 7.11. The molecule has 1 saturated heterocycles. The molecule has 20 heavy (non-hydrogen) atoms. The van der Waals surface area contributed by atoms with Crippen LogP contribution in [-0.4, -0.2) is 47.8 Å². The summed E-state index contributed by atoms with van der Waals surface area (Å²) in [4.78, 5) is 27.3. The Morgan fingerprint density at radius 2 is 1.75 bits per heavy atom. The van der Waals surface area contributed by atoms with E-state index in [1.807, 2.05) is 24.3 Å². The van der Waals surface area contributed by atoms with E-state index < -0.39 is 0 Å². The van der Waals surface area contributed by atoms with Gasteiger partial charge in [-0.15, -0.1) is 0 Å². The molecule has 0 bridgehead atoms. The second-order valence-electron chi connectivity index (χ2n) is 4.49. The van der Waals surface area contributed by atoms with Crippen LogP contribution in [0.2, 0.25) is 0 Å². The summed E-state index contributed by atoms with van der Waals surface area (Å²) >= 11 is 3.37. The average molecular weight is 336 g/mol. The molecular formula is C14H14BrN3O2. The highest BCUT2D eigenvalue weighted by Gasteiger charge is 2.25. The average Bonchev–Trinajstić information content (AvgIpc) is 2.47. The number of amides is 2. The van der Waals surface area contributed by atoms with Gasteiger partial charge in [-0.25, -0.2) is 0 Å². The first-order chi connectivity index (χ1) is 9.63. The number of benzene rings is 1. The topological polar surface area (TPSA) is 64.4 Å². The lowest BCUT2D eigenvalue weighted by Crippen LogP contribution is -2.50. The molecule has 1 fully saturated rings. The van der Waals surface area contributed by atoms with E-state index in [-0.39, 0.29) is 18.2 Å². The maximum atomic E-state index is 12.4. The molecule has 104 valence electrons. The van der Waals surface area contributed by atoms with Crippen LogP contribution in [0.5, 0.6) is 0 Å². The van der Waals surface area contributed by atoms with Gasteiger partial charge >= 0.3 is 0 Å². The molecule has 1 heterocycles. The van der Waals surface area contributed by atoms with Crippen LogP contribution >= 0.6 is 15.9 Å². The Morgan fingerprint density at radius 1 is 1.15 bits per heavy atom. The minimum absolute atomic E-state index is 0.0372. The van der Waals surface area contributed by atoms with Crippen LogP contribution in [-0.2, 0) is 4.79 Å². The van der Waals surface area contributed by atoms with E-state index >= 15 is 0 Å². The van der Waals surface area contributed by atoms with Crippen molar-refractivity contribution in [3.63, 3.8) is 0 Å². The highest BCUT2D eigenvalue weighted by molar-refractivity contribution is 9.10. The third-order valence-corrected chi connectivity index (χ3v) is 3.95. The third kappa shape index (κ3) is 3.17. The number of hydrogen-bond acceptors (Lipinski definition) is 3. The van der Waals surface area contributed by atoms with Crippen molar-refractivity contribution < 1.29 is 9.59 Å². The summed E-state index contributed by atoms with van der Waals surface area (Å²) in [6, 6.07) is 9.15. The molecule has 0 N–H and O–H groups in total. The van der Waals surface area contributed by atoms with E-state index in [0.29, 0.717) is 31.7 Å². The van der Waals surface area contributed by atoms with Gasteiger partial charge in [-0.05, 0) is 28.1 Å². The molecule has 0 radical (unpaired) electrons. The van der Waals surface area contributed by atoms with Gasteiger partial charge < -0.3 is 9.80 Å². The Labute approximate surface area is 125 Å². The van der Waals surface area contributed by atoms with E-state index in [0.717, 1.165) is 4.47 Å². The first-order valence-electron chi connectivity index (χ1n) is 6.32. The molecule has 0 aliphatic carbocycles. The van der Waals surface area contributed by atoms with Crippen LogP contribution < -0.4 is 0 Å². The lowest BCUT2D eigenvalue weighted by atomic mass is 10.2. The number of piperazine rings is 1. The maximum absolute atomic E-state index is 12.4. The Hall–Kier alpha value is -1.87. The van der Waals surface area contributed by atoms with Crippen molar-refractivity contribution in [2.75, 3.05) is 26.2 Å². The van der Waals surface area contributed by atoms with Gasteiger partial charge in [0.05, 0.1) is 11.6 Å². The Bertz CT molecular complexity index is 560. The second kappa shape index (κ2) is 6.53. The molecular weight excluding hydrogens is 322 g/mol. The smallest absolute Gasteiger partial charge is 0.255 e. The summed E-state index contributed by atoms with van der Waals surface area (Å²) < 4.78 is 0.771. The van der Waals surface area contributed by atoms with Gasteiger partial charge in [0.2, 0.25) is 5.91 Å². The molecule has 0 spiro atoms. The monoisotopic (exact) mass is 335 g/mol. The number of halogens is 1. The van der Waals surface area contributed by atoms with Gasteiger partial charge in [0.25, 0.3) is 5.91 Å². The lowest BCUT2D eigenvalue weighted by Gasteiger charge is -2.34. The second-order valence-corrected chi connectivity index (χ2v) is 5.34. The first kappa shape index (κ1) is 14.5. The molecule has 0 saturated carbocycles. The molecule has 0 aromatic heterocycles. The summed E-state index contributed by atoms with van der Waals surface area (Å²) in [6.07, 6.45) is -0.0990. The number of carbonyl (C=O) groups excluding carboxylic acids is 2. The molecule has 1 aromatic carbocycles. The van der Waals surface area contributed by atoms with Crippen molar-refractivity contribution in [1.29, 1.82) is 5.26 Å². The van der Waals surface area contributed by atoms with E-state index in [4.69, 9.17) is 5.26 Å². The summed E-state index contributed by atoms with van der Waals surface area (Å²) in [5.74, 6) is -0.203. The van der Waals surface area contributed by atoms with Gasteiger partial charge in [0.15, 0.2) is 0 Å². The van der Waals surface area contributed by atoms with Gasteiger partial charge in [-0.2, -0.15) is 5.26 Å². The largest absolute Gasteiger partial charge is 0.338 e. The Morgan fingerprint density at radius 3 is 2.35 bits per heavy atom. The number of hydrogen-bond donors (Lipinski definition) is 0. The summed E-state index contributed by atoms with van der Waals surface area (Å²) in [5.41, 5.74) is 0.629. The van der Waals surface area contributed by atoms with E-state index in [2.05, 4.69) is 15.9 Å². The quantitative estimate of drug-likeness (QED) is 0.825. The highest BCUT2D eigenvalue weighted by Crippen LogP contribution is 2.18. The Kier molecular flexibility index (Phi) is 4.74. The van der Waals surface area contributed by atoms with Crippen molar-refractivity contribution in [2.24, 2.45) is 0 Å². The molecule has 0 unspecified atom stereocenters. The zero-order valence-electron chi connectivity index (χ0n) is 10.9. The third-order valence-electron chi connectivity index (χ3n) is 3.25. The maximum Gasteiger partial charge on any atom is 0.255 e.